The molecule has 0 aliphatic carbocycles. The lowest BCUT2D eigenvalue weighted by molar-refractivity contribution is -0.137. The average molecular weight is 674 g/mol. The number of benzene rings is 2. The number of sulfonamides is 1. The Morgan fingerprint density at radius 1 is 0.881 bits per heavy atom. The van der Waals surface area contributed by atoms with Crippen molar-refractivity contribution >= 4 is 66.1 Å². The SMILES string of the molecule is O=C(C1CN(S(=O)(=O)c2ccc3cc(Br)ccc3c2)CCN1C(=O)[N+]1(c2ccncc2)CCCCC1)N1CCSCC1. The van der Waals surface area contributed by atoms with Crippen molar-refractivity contribution in [2.75, 3.05) is 57.3 Å². The van der Waals surface area contributed by atoms with Gasteiger partial charge in [-0.2, -0.15) is 16.1 Å². The first-order valence-electron chi connectivity index (χ1n) is 14.4. The van der Waals surface area contributed by atoms with Crippen LogP contribution in [0.1, 0.15) is 19.3 Å². The number of carbonyl (C=O) groups excluding carboxylic acids is 2. The van der Waals surface area contributed by atoms with Crippen LogP contribution in [0.15, 0.2) is 70.3 Å². The summed E-state index contributed by atoms with van der Waals surface area (Å²) in [5.74, 6) is 1.49. The van der Waals surface area contributed by atoms with Crippen LogP contribution in [0.4, 0.5) is 10.5 Å². The molecule has 3 aliphatic rings. The molecule has 6 rings (SSSR count). The number of aromatic nitrogens is 1. The molecule has 3 fully saturated rings. The lowest BCUT2D eigenvalue weighted by atomic mass is 10.1. The Balaban J connectivity index is 1.34. The van der Waals surface area contributed by atoms with Crippen molar-refractivity contribution in [3.05, 3.63) is 65.4 Å². The number of piperazine rings is 1. The first kappa shape index (κ1) is 29.6. The van der Waals surface area contributed by atoms with E-state index in [1.807, 2.05) is 30.3 Å². The standard InChI is InChI=1S/C30H35BrN5O4S2/c31-25-6-4-24-21-27(7-5-23(24)20-25)42(39,40)34-12-13-35(28(22-34)29(37)33-14-18-41-19-15-33)30(38)36(16-2-1-3-17-36)26-8-10-32-11-9-26/h4-11,20-21,28H,1-3,12-19,22H2/q+1. The van der Waals surface area contributed by atoms with E-state index in [-0.39, 0.29) is 41.0 Å². The highest BCUT2D eigenvalue weighted by atomic mass is 79.9. The minimum absolute atomic E-state index is 0.0642. The fourth-order valence-corrected chi connectivity index (χ4v) is 9.16. The zero-order valence-corrected chi connectivity index (χ0v) is 26.6. The number of amides is 3. The van der Waals surface area contributed by atoms with Crippen LogP contribution in [-0.2, 0) is 14.8 Å². The third-order valence-electron chi connectivity index (χ3n) is 8.71. The number of halogens is 1. The van der Waals surface area contributed by atoms with Crippen molar-refractivity contribution in [1.29, 1.82) is 0 Å². The minimum atomic E-state index is -3.91. The summed E-state index contributed by atoms with van der Waals surface area (Å²) in [6.07, 6.45) is 6.28. The van der Waals surface area contributed by atoms with Gasteiger partial charge in [-0.15, -0.1) is 0 Å². The number of likely N-dealkylation sites (tertiary alicyclic amines) is 1. The van der Waals surface area contributed by atoms with E-state index in [9.17, 15) is 18.0 Å². The minimum Gasteiger partial charge on any atom is -0.339 e. The molecule has 3 aromatic rings. The Morgan fingerprint density at radius 2 is 1.57 bits per heavy atom. The Hall–Kier alpha value is -2.51. The monoisotopic (exact) mass is 672 g/mol. The fraction of sp³-hybridized carbons (Fsp3) is 0.433. The molecule has 3 aliphatic heterocycles. The third kappa shape index (κ3) is 5.59. The molecule has 4 heterocycles. The van der Waals surface area contributed by atoms with E-state index in [2.05, 4.69) is 20.9 Å². The summed E-state index contributed by atoms with van der Waals surface area (Å²) in [4.78, 5) is 36.5. The zero-order valence-electron chi connectivity index (χ0n) is 23.4. The largest absolute Gasteiger partial charge is 0.425 e. The quantitative estimate of drug-likeness (QED) is 0.378. The van der Waals surface area contributed by atoms with Crippen LogP contribution >= 0.6 is 27.7 Å². The van der Waals surface area contributed by atoms with Crippen molar-refractivity contribution in [3.63, 3.8) is 0 Å². The lowest BCUT2D eigenvalue weighted by Crippen LogP contribution is -2.69. The van der Waals surface area contributed by atoms with Crippen LogP contribution < -0.4 is 4.48 Å². The molecule has 0 spiro atoms. The number of rotatable bonds is 4. The maximum atomic E-state index is 14.6. The second-order valence-corrected chi connectivity index (χ2v) is 15.2. The molecule has 12 heteroatoms. The van der Waals surface area contributed by atoms with Gasteiger partial charge in [-0.25, -0.2) is 17.7 Å². The van der Waals surface area contributed by atoms with Gasteiger partial charge in [0.1, 0.15) is 11.7 Å². The second-order valence-electron chi connectivity index (χ2n) is 11.1. The number of quaternary nitrogens is 1. The number of piperidine rings is 1. The summed E-state index contributed by atoms with van der Waals surface area (Å²) in [5.41, 5.74) is 0.869. The molecular weight excluding hydrogens is 638 g/mol. The Kier molecular flexibility index (Phi) is 8.61. The van der Waals surface area contributed by atoms with E-state index in [0.717, 1.165) is 51.7 Å². The molecule has 1 atom stereocenters. The Morgan fingerprint density at radius 3 is 2.31 bits per heavy atom. The lowest BCUT2D eigenvalue weighted by Gasteiger charge is -2.46. The molecular formula is C30H35BrN5O4S2+. The molecule has 1 unspecified atom stereocenters. The molecule has 3 saturated heterocycles. The van der Waals surface area contributed by atoms with Gasteiger partial charge in [0.05, 0.1) is 18.0 Å². The van der Waals surface area contributed by atoms with Crippen molar-refractivity contribution in [1.82, 2.24) is 23.6 Å². The van der Waals surface area contributed by atoms with Gasteiger partial charge in [-0.1, -0.05) is 28.1 Å². The van der Waals surface area contributed by atoms with Crippen molar-refractivity contribution in [3.8, 4) is 0 Å². The molecule has 0 N–H and O–H groups in total. The molecule has 0 saturated carbocycles. The zero-order chi connectivity index (χ0) is 29.3. The maximum absolute atomic E-state index is 14.6. The molecule has 0 bridgehead atoms. The molecule has 2 aromatic carbocycles. The summed E-state index contributed by atoms with van der Waals surface area (Å²) in [5, 5.41) is 1.75. The van der Waals surface area contributed by atoms with E-state index in [4.69, 9.17) is 0 Å². The van der Waals surface area contributed by atoms with Crippen LogP contribution in [0.2, 0.25) is 0 Å². The van der Waals surface area contributed by atoms with Gasteiger partial charge >= 0.3 is 6.03 Å². The second kappa shape index (κ2) is 12.2. The topological polar surface area (TPSA) is 90.9 Å². The number of urea groups is 1. The predicted octanol–water partition coefficient (Wildman–Crippen LogP) is 4.56. The number of carbonyl (C=O) groups is 2. The summed E-state index contributed by atoms with van der Waals surface area (Å²) in [7, 11) is -3.91. The van der Waals surface area contributed by atoms with Crippen LogP contribution in [0.3, 0.4) is 0 Å². The number of fused-ring (bicyclic) bond motifs is 1. The van der Waals surface area contributed by atoms with Crippen LogP contribution in [0.25, 0.3) is 10.8 Å². The molecule has 222 valence electrons. The predicted molar refractivity (Wildman–Crippen MR) is 170 cm³/mol. The van der Waals surface area contributed by atoms with Gasteiger partial charge in [0.2, 0.25) is 15.9 Å². The molecule has 1 aromatic heterocycles. The van der Waals surface area contributed by atoms with E-state index in [0.29, 0.717) is 26.2 Å². The Labute approximate surface area is 259 Å². The summed E-state index contributed by atoms with van der Waals surface area (Å²) in [6.45, 7) is 2.71. The van der Waals surface area contributed by atoms with Crippen molar-refractivity contribution in [2.24, 2.45) is 0 Å². The number of pyridine rings is 1. The maximum Gasteiger partial charge on any atom is 0.425 e. The molecule has 42 heavy (non-hydrogen) atoms. The smallest absolute Gasteiger partial charge is 0.339 e. The van der Waals surface area contributed by atoms with E-state index >= 15 is 0 Å². The first-order chi connectivity index (χ1) is 20.3. The first-order valence-corrected chi connectivity index (χ1v) is 17.8. The number of hydrogen-bond acceptors (Lipinski definition) is 6. The van der Waals surface area contributed by atoms with Crippen molar-refractivity contribution in [2.45, 2.75) is 30.2 Å². The summed E-state index contributed by atoms with van der Waals surface area (Å²) >= 11 is 5.27. The number of hydrogen-bond donors (Lipinski definition) is 0. The molecule has 3 amide bonds. The van der Waals surface area contributed by atoms with Gasteiger partial charge < -0.3 is 4.90 Å². The average Bonchev–Trinajstić information content (AvgIpc) is 3.04. The van der Waals surface area contributed by atoms with E-state index in [1.54, 1.807) is 52.2 Å². The van der Waals surface area contributed by atoms with Gasteiger partial charge in [0.15, 0.2) is 0 Å². The summed E-state index contributed by atoms with van der Waals surface area (Å²) in [6, 6.07) is 13.6. The van der Waals surface area contributed by atoms with Gasteiger partial charge in [0.25, 0.3) is 0 Å². The van der Waals surface area contributed by atoms with Crippen molar-refractivity contribution < 1.29 is 18.0 Å². The summed E-state index contributed by atoms with van der Waals surface area (Å²) < 4.78 is 30.4. The highest BCUT2D eigenvalue weighted by Crippen LogP contribution is 2.33. The highest BCUT2D eigenvalue weighted by molar-refractivity contribution is 9.10. The van der Waals surface area contributed by atoms with Crippen LogP contribution in [0, 0.1) is 0 Å². The molecule has 9 nitrogen and oxygen atoms in total. The van der Waals surface area contributed by atoms with Gasteiger partial charge in [0, 0.05) is 73.2 Å². The van der Waals surface area contributed by atoms with Gasteiger partial charge in [-0.05, 0) is 54.3 Å². The van der Waals surface area contributed by atoms with Crippen LogP contribution in [0.5, 0.6) is 0 Å². The molecule has 0 radical (unpaired) electrons. The van der Waals surface area contributed by atoms with E-state index in [1.165, 1.54) is 4.31 Å². The van der Waals surface area contributed by atoms with Gasteiger partial charge in [-0.3, -0.25) is 14.7 Å². The highest BCUT2D eigenvalue weighted by Gasteiger charge is 2.50. The fourth-order valence-electron chi connectivity index (χ4n) is 6.40. The van der Waals surface area contributed by atoms with Crippen LogP contribution in [-0.4, -0.2) is 103 Å². The number of thioether (sulfide) groups is 1. The number of nitrogens with zero attached hydrogens (tertiary/aromatic N) is 5. The Bertz CT molecular complexity index is 1580. The normalized spacial score (nSPS) is 21.8. The third-order valence-corrected chi connectivity index (χ3v) is 12.0. The van der Waals surface area contributed by atoms with E-state index < -0.39 is 16.1 Å².